The van der Waals surface area contributed by atoms with Crippen molar-refractivity contribution in [1.29, 1.82) is 0 Å². The van der Waals surface area contributed by atoms with Gasteiger partial charge in [0.2, 0.25) is 0 Å². The lowest BCUT2D eigenvalue weighted by molar-refractivity contribution is 0.213. The van der Waals surface area contributed by atoms with E-state index >= 15 is 0 Å². The number of allylic oxidation sites excluding steroid dienone is 1. The van der Waals surface area contributed by atoms with Crippen molar-refractivity contribution in [3.05, 3.63) is 11.9 Å². The fourth-order valence-corrected chi connectivity index (χ4v) is 2.40. The van der Waals surface area contributed by atoms with Crippen LogP contribution < -0.4 is 0 Å². The zero-order valence-electron chi connectivity index (χ0n) is 8.83. The summed E-state index contributed by atoms with van der Waals surface area (Å²) >= 11 is 11.0. The zero-order chi connectivity index (χ0) is 11.6. The predicted molar refractivity (Wildman–Crippen MR) is 65.0 cm³/mol. The standard InChI is InChI=1S/C9H17Cl2O3P/c1-2-9-15(12,13-7-3-5-10)14-8-4-6-11/h2,9H,3-8H2,1H3. The fraction of sp³-hybridized carbons (Fsp3) is 0.778. The van der Waals surface area contributed by atoms with Gasteiger partial charge in [0.1, 0.15) is 0 Å². The quantitative estimate of drug-likeness (QED) is 0.362. The Balaban J connectivity index is 4.01. The Hall–Kier alpha value is 0.470. The van der Waals surface area contributed by atoms with Crippen molar-refractivity contribution in [1.82, 2.24) is 0 Å². The molecule has 0 heterocycles. The molecule has 3 nitrogen and oxygen atoms in total. The SMILES string of the molecule is CC=CP(=O)(OCCCCl)OCCCCl. The van der Waals surface area contributed by atoms with Crippen LogP contribution >= 0.6 is 30.8 Å². The minimum Gasteiger partial charge on any atom is -0.306 e. The van der Waals surface area contributed by atoms with E-state index < -0.39 is 7.60 Å². The first-order valence-electron chi connectivity index (χ1n) is 4.83. The highest BCUT2D eigenvalue weighted by atomic mass is 35.5. The number of rotatable bonds is 9. The van der Waals surface area contributed by atoms with Crippen LogP contribution in [0.2, 0.25) is 0 Å². The van der Waals surface area contributed by atoms with Crippen molar-refractivity contribution in [3.63, 3.8) is 0 Å². The second-order valence-corrected chi connectivity index (χ2v) is 5.42. The van der Waals surface area contributed by atoms with Crippen molar-refractivity contribution in [2.24, 2.45) is 0 Å². The molecule has 0 saturated heterocycles. The Bertz CT molecular complexity index is 207. The van der Waals surface area contributed by atoms with Crippen molar-refractivity contribution in [3.8, 4) is 0 Å². The number of hydrogen-bond acceptors (Lipinski definition) is 3. The number of halogens is 2. The maximum Gasteiger partial charge on any atom is 0.353 e. The Morgan fingerprint density at radius 1 is 1.13 bits per heavy atom. The van der Waals surface area contributed by atoms with Crippen LogP contribution in [0.5, 0.6) is 0 Å². The molecule has 0 N–H and O–H groups in total. The Labute approximate surface area is 101 Å². The molecule has 0 aromatic heterocycles. The van der Waals surface area contributed by atoms with Gasteiger partial charge in [-0.25, -0.2) is 0 Å². The normalized spacial score (nSPS) is 12.5. The van der Waals surface area contributed by atoms with E-state index in [1.807, 2.05) is 0 Å². The number of hydrogen-bond donors (Lipinski definition) is 0. The summed E-state index contributed by atoms with van der Waals surface area (Å²) in [5.74, 6) is 2.42. The van der Waals surface area contributed by atoms with Crippen LogP contribution in [-0.4, -0.2) is 25.0 Å². The zero-order valence-corrected chi connectivity index (χ0v) is 11.2. The van der Waals surface area contributed by atoms with E-state index in [4.69, 9.17) is 32.2 Å². The summed E-state index contributed by atoms with van der Waals surface area (Å²) in [4.78, 5) is 0. The van der Waals surface area contributed by atoms with E-state index in [9.17, 15) is 4.57 Å². The predicted octanol–water partition coefficient (Wildman–Crippen LogP) is 4.00. The molecule has 6 heteroatoms. The van der Waals surface area contributed by atoms with Gasteiger partial charge in [0.25, 0.3) is 0 Å². The maximum atomic E-state index is 11.9. The molecule has 0 aliphatic rings. The summed E-state index contributed by atoms with van der Waals surface area (Å²) in [5, 5.41) is 0. The average Bonchev–Trinajstić information content (AvgIpc) is 2.19. The van der Waals surface area contributed by atoms with Crippen LogP contribution in [-0.2, 0) is 13.6 Å². The molecular weight excluding hydrogens is 258 g/mol. The second-order valence-electron chi connectivity index (χ2n) is 2.77. The molecule has 0 atom stereocenters. The molecule has 0 aromatic carbocycles. The summed E-state index contributed by atoms with van der Waals surface area (Å²) in [6.45, 7) is 2.44. The highest BCUT2D eigenvalue weighted by molar-refractivity contribution is 7.57. The molecule has 0 saturated carbocycles. The van der Waals surface area contributed by atoms with E-state index in [1.54, 1.807) is 13.0 Å². The van der Waals surface area contributed by atoms with Gasteiger partial charge in [0.05, 0.1) is 13.2 Å². The monoisotopic (exact) mass is 274 g/mol. The Morgan fingerprint density at radius 2 is 1.60 bits per heavy atom. The first-order valence-corrected chi connectivity index (χ1v) is 7.51. The van der Waals surface area contributed by atoms with Gasteiger partial charge in [-0.1, -0.05) is 6.08 Å². The van der Waals surface area contributed by atoms with Gasteiger partial charge in [-0.05, 0) is 19.8 Å². The molecular formula is C9H17Cl2O3P. The molecule has 0 radical (unpaired) electrons. The molecule has 0 bridgehead atoms. The lowest BCUT2D eigenvalue weighted by Crippen LogP contribution is -1.98. The van der Waals surface area contributed by atoms with Gasteiger partial charge in [-0.2, -0.15) is 0 Å². The summed E-state index contributed by atoms with van der Waals surface area (Å²) in [6.07, 6.45) is 2.96. The van der Waals surface area contributed by atoms with Gasteiger partial charge in [-0.15, -0.1) is 23.2 Å². The molecule has 0 aliphatic carbocycles. The highest BCUT2D eigenvalue weighted by Gasteiger charge is 2.19. The molecule has 0 aliphatic heterocycles. The first-order chi connectivity index (χ1) is 7.18. The molecule has 0 spiro atoms. The van der Waals surface area contributed by atoms with Crippen molar-refractivity contribution < 1.29 is 13.6 Å². The van der Waals surface area contributed by atoms with Gasteiger partial charge in [0, 0.05) is 17.6 Å². The maximum absolute atomic E-state index is 11.9. The summed E-state index contributed by atoms with van der Waals surface area (Å²) in [5.41, 5.74) is 0. The van der Waals surface area contributed by atoms with E-state index in [2.05, 4.69) is 0 Å². The third kappa shape index (κ3) is 8.29. The third-order valence-electron chi connectivity index (χ3n) is 1.43. The topological polar surface area (TPSA) is 35.5 Å². The van der Waals surface area contributed by atoms with Crippen LogP contribution in [0.25, 0.3) is 0 Å². The molecule has 90 valence electrons. The Morgan fingerprint density at radius 3 is 1.93 bits per heavy atom. The summed E-state index contributed by atoms with van der Waals surface area (Å²) in [7, 11) is -3.08. The van der Waals surface area contributed by atoms with Crippen LogP contribution in [0.1, 0.15) is 19.8 Å². The highest BCUT2D eigenvalue weighted by Crippen LogP contribution is 2.49. The van der Waals surface area contributed by atoms with Crippen LogP contribution in [0.3, 0.4) is 0 Å². The van der Waals surface area contributed by atoms with Crippen molar-refractivity contribution in [2.75, 3.05) is 25.0 Å². The van der Waals surface area contributed by atoms with Crippen molar-refractivity contribution in [2.45, 2.75) is 19.8 Å². The molecule has 0 amide bonds. The second kappa shape index (κ2) is 9.68. The van der Waals surface area contributed by atoms with Crippen molar-refractivity contribution >= 4 is 30.8 Å². The van der Waals surface area contributed by atoms with Gasteiger partial charge in [-0.3, -0.25) is 4.57 Å². The van der Waals surface area contributed by atoms with E-state index in [0.29, 0.717) is 37.8 Å². The Kier molecular flexibility index (Phi) is 9.98. The molecule has 0 fully saturated rings. The van der Waals surface area contributed by atoms with E-state index in [0.717, 1.165) is 0 Å². The molecule has 15 heavy (non-hydrogen) atoms. The lowest BCUT2D eigenvalue weighted by atomic mass is 10.5. The van der Waals surface area contributed by atoms with Gasteiger partial charge >= 0.3 is 7.60 Å². The minimum absolute atomic E-state index is 0.339. The van der Waals surface area contributed by atoms with Crippen LogP contribution in [0, 0.1) is 0 Å². The summed E-state index contributed by atoms with van der Waals surface area (Å²) < 4.78 is 22.3. The first kappa shape index (κ1) is 15.5. The van der Waals surface area contributed by atoms with E-state index in [-0.39, 0.29) is 0 Å². The fourth-order valence-electron chi connectivity index (χ4n) is 0.799. The smallest absolute Gasteiger partial charge is 0.306 e. The third-order valence-corrected chi connectivity index (χ3v) is 3.71. The van der Waals surface area contributed by atoms with Gasteiger partial charge < -0.3 is 9.05 Å². The molecule has 0 aromatic rings. The average molecular weight is 275 g/mol. The lowest BCUT2D eigenvalue weighted by Gasteiger charge is -2.14. The molecule has 0 rings (SSSR count). The summed E-state index contributed by atoms with van der Waals surface area (Å²) in [6, 6.07) is 0. The van der Waals surface area contributed by atoms with Gasteiger partial charge in [0.15, 0.2) is 0 Å². The van der Waals surface area contributed by atoms with E-state index in [1.165, 1.54) is 5.82 Å². The largest absolute Gasteiger partial charge is 0.353 e. The van der Waals surface area contributed by atoms with Crippen LogP contribution in [0.4, 0.5) is 0 Å². The van der Waals surface area contributed by atoms with Crippen LogP contribution in [0.15, 0.2) is 11.9 Å². The minimum atomic E-state index is -3.08. The number of alkyl halides is 2. The molecule has 0 unspecified atom stereocenters.